The van der Waals surface area contributed by atoms with Crippen molar-refractivity contribution < 1.29 is 14.6 Å². The van der Waals surface area contributed by atoms with E-state index in [0.717, 1.165) is 6.08 Å². The fourth-order valence-corrected chi connectivity index (χ4v) is 0.197. The quantitative estimate of drug-likeness (QED) is 0.256. The number of hydrogen-bond acceptors (Lipinski definition) is 3. The highest BCUT2D eigenvalue weighted by molar-refractivity contribution is 5.80. The Bertz CT molecular complexity index is 140. The van der Waals surface area contributed by atoms with Gasteiger partial charge in [-0.05, 0) is 6.92 Å². The molecule has 0 aromatic heterocycles. The second-order valence-electron chi connectivity index (χ2n) is 1.64. The molecule has 0 aromatic rings. The van der Waals surface area contributed by atoms with E-state index in [1.165, 1.54) is 6.08 Å². The van der Waals surface area contributed by atoms with Crippen LogP contribution >= 0.6 is 0 Å². The van der Waals surface area contributed by atoms with Gasteiger partial charge in [-0.25, -0.2) is 4.79 Å². The lowest BCUT2D eigenvalue weighted by Crippen LogP contribution is -2.08. The zero-order valence-electron chi connectivity index (χ0n) is 5.87. The van der Waals surface area contributed by atoms with Gasteiger partial charge in [0.05, 0.1) is 0 Å². The van der Waals surface area contributed by atoms with Crippen molar-refractivity contribution in [1.82, 2.24) is 0 Å². The molecule has 1 unspecified atom stereocenters. The van der Waals surface area contributed by atoms with Crippen LogP contribution in [-0.4, -0.2) is 12.1 Å². The highest BCUT2D eigenvalue weighted by atomic mass is 17.2. The highest BCUT2D eigenvalue weighted by Crippen LogP contribution is 1.92. The minimum atomic E-state index is -0.603. The molecule has 0 spiro atoms. The van der Waals surface area contributed by atoms with Crippen molar-refractivity contribution in [3.63, 3.8) is 0 Å². The van der Waals surface area contributed by atoms with Crippen molar-refractivity contribution in [2.75, 3.05) is 0 Å². The maximum Gasteiger partial charge on any atom is 0.365 e. The van der Waals surface area contributed by atoms with Crippen molar-refractivity contribution in [2.45, 2.75) is 13.0 Å². The van der Waals surface area contributed by atoms with E-state index in [2.05, 4.69) is 22.9 Å². The molecule has 0 rings (SSSR count). The van der Waals surface area contributed by atoms with E-state index in [1.807, 2.05) is 0 Å². The molecular weight excluding hydrogens is 132 g/mol. The molecule has 1 atom stereocenters. The van der Waals surface area contributed by atoms with Crippen LogP contribution in [0.5, 0.6) is 0 Å². The minimum Gasteiger partial charge on any atom is -0.293 e. The lowest BCUT2D eigenvalue weighted by molar-refractivity contribution is -0.281. The molecule has 0 aliphatic carbocycles. The largest absolute Gasteiger partial charge is 0.365 e. The van der Waals surface area contributed by atoms with Crippen LogP contribution in [0.3, 0.4) is 0 Å². The zero-order valence-corrected chi connectivity index (χ0v) is 5.87. The average molecular weight is 142 g/mol. The molecule has 0 fully saturated rings. The van der Waals surface area contributed by atoms with Gasteiger partial charge < -0.3 is 0 Å². The maximum absolute atomic E-state index is 10.3. The number of carbonyl (C=O) groups is 1. The molecule has 56 valence electrons. The molecule has 0 radical (unpaired) electrons. The van der Waals surface area contributed by atoms with Crippen LogP contribution in [0, 0.1) is 0 Å². The van der Waals surface area contributed by atoms with Crippen molar-refractivity contribution in [2.24, 2.45) is 0 Å². The van der Waals surface area contributed by atoms with E-state index in [0.29, 0.717) is 0 Å². The maximum atomic E-state index is 10.3. The van der Waals surface area contributed by atoms with Crippen molar-refractivity contribution in [3.8, 4) is 0 Å². The molecule has 0 N–H and O–H groups in total. The summed E-state index contributed by atoms with van der Waals surface area (Å²) in [4.78, 5) is 19.1. The second kappa shape index (κ2) is 4.76. The Morgan fingerprint density at radius 1 is 1.60 bits per heavy atom. The third kappa shape index (κ3) is 3.86. The van der Waals surface area contributed by atoms with Crippen LogP contribution in [0.1, 0.15) is 6.92 Å². The molecule has 0 bridgehead atoms. The van der Waals surface area contributed by atoms with Gasteiger partial charge >= 0.3 is 5.97 Å². The number of hydrogen-bond donors (Lipinski definition) is 0. The van der Waals surface area contributed by atoms with E-state index in [1.54, 1.807) is 6.92 Å². The number of carbonyl (C=O) groups excluding carboxylic acids is 1. The second-order valence-corrected chi connectivity index (χ2v) is 1.64. The SMILES string of the molecule is C=CC(=O)OOC(C)C=C. The van der Waals surface area contributed by atoms with E-state index >= 15 is 0 Å². The van der Waals surface area contributed by atoms with E-state index < -0.39 is 5.97 Å². The van der Waals surface area contributed by atoms with Gasteiger partial charge in [-0.2, -0.15) is 4.89 Å². The Morgan fingerprint density at radius 2 is 2.20 bits per heavy atom. The van der Waals surface area contributed by atoms with Crippen molar-refractivity contribution in [3.05, 3.63) is 25.3 Å². The van der Waals surface area contributed by atoms with E-state index in [4.69, 9.17) is 0 Å². The monoisotopic (exact) mass is 142 g/mol. The van der Waals surface area contributed by atoms with Crippen LogP contribution in [-0.2, 0) is 14.6 Å². The van der Waals surface area contributed by atoms with Crippen LogP contribution < -0.4 is 0 Å². The van der Waals surface area contributed by atoms with E-state index in [-0.39, 0.29) is 6.10 Å². The summed E-state index contributed by atoms with van der Waals surface area (Å²) in [6.07, 6.45) is 2.25. The zero-order chi connectivity index (χ0) is 7.98. The average Bonchev–Trinajstić information content (AvgIpc) is 1.99. The van der Waals surface area contributed by atoms with Crippen LogP contribution in [0.2, 0.25) is 0 Å². The predicted molar refractivity (Wildman–Crippen MR) is 37.0 cm³/mol. The Hall–Kier alpha value is -1.09. The molecule has 0 aliphatic heterocycles. The fraction of sp³-hybridized carbons (Fsp3) is 0.286. The molecule has 3 nitrogen and oxygen atoms in total. The molecule has 0 saturated carbocycles. The van der Waals surface area contributed by atoms with Gasteiger partial charge in [0, 0.05) is 6.08 Å². The smallest absolute Gasteiger partial charge is 0.293 e. The van der Waals surface area contributed by atoms with Crippen LogP contribution in [0.25, 0.3) is 0 Å². The van der Waals surface area contributed by atoms with Crippen LogP contribution in [0.4, 0.5) is 0 Å². The van der Waals surface area contributed by atoms with Gasteiger partial charge in [0.15, 0.2) is 0 Å². The summed E-state index contributed by atoms with van der Waals surface area (Å²) in [5, 5.41) is 0. The molecule has 0 aromatic carbocycles. The van der Waals surface area contributed by atoms with Crippen molar-refractivity contribution in [1.29, 1.82) is 0 Å². The topological polar surface area (TPSA) is 35.5 Å². The molecule has 0 saturated heterocycles. The molecule has 3 heteroatoms. The van der Waals surface area contributed by atoms with Gasteiger partial charge in [-0.1, -0.05) is 12.7 Å². The summed E-state index contributed by atoms with van der Waals surface area (Å²) >= 11 is 0. The first-order valence-electron chi connectivity index (χ1n) is 2.83. The predicted octanol–water partition coefficient (Wildman–Crippen LogP) is 1.22. The Balaban J connectivity index is 3.43. The molecule has 10 heavy (non-hydrogen) atoms. The lowest BCUT2D eigenvalue weighted by atomic mass is 10.4. The summed E-state index contributed by atoms with van der Waals surface area (Å²) in [6, 6.07) is 0. The first-order chi connectivity index (χ1) is 4.70. The number of rotatable bonds is 4. The molecule has 0 aliphatic rings. The molecular formula is C7H10O3. The molecule has 0 heterocycles. The van der Waals surface area contributed by atoms with Gasteiger partial charge in [-0.3, -0.25) is 4.89 Å². The van der Waals surface area contributed by atoms with Crippen LogP contribution in [0.15, 0.2) is 25.3 Å². The van der Waals surface area contributed by atoms with Gasteiger partial charge in [-0.15, -0.1) is 6.58 Å². The Labute approximate surface area is 59.9 Å². The van der Waals surface area contributed by atoms with E-state index in [9.17, 15) is 4.79 Å². The van der Waals surface area contributed by atoms with Crippen molar-refractivity contribution >= 4 is 5.97 Å². The molecule has 0 amide bonds. The minimum absolute atomic E-state index is 0.288. The van der Waals surface area contributed by atoms with Gasteiger partial charge in [0.1, 0.15) is 6.10 Å². The summed E-state index contributed by atoms with van der Waals surface area (Å²) in [5.74, 6) is -0.603. The summed E-state index contributed by atoms with van der Waals surface area (Å²) in [7, 11) is 0. The summed E-state index contributed by atoms with van der Waals surface area (Å²) in [5.41, 5.74) is 0. The highest BCUT2D eigenvalue weighted by Gasteiger charge is 1.99. The first kappa shape index (κ1) is 8.91. The van der Waals surface area contributed by atoms with Gasteiger partial charge in [0.2, 0.25) is 0 Å². The normalized spacial score (nSPS) is 11.7. The lowest BCUT2D eigenvalue weighted by Gasteiger charge is -2.03. The standard InChI is InChI=1S/C7H10O3/c1-4-6(3)9-10-7(8)5-2/h4-6H,1-2H2,3H3. The van der Waals surface area contributed by atoms with Gasteiger partial charge in [0.25, 0.3) is 0 Å². The Morgan fingerprint density at radius 3 is 2.60 bits per heavy atom. The summed E-state index contributed by atoms with van der Waals surface area (Å²) < 4.78 is 0. The fourth-order valence-electron chi connectivity index (χ4n) is 0.197. The third-order valence-corrected chi connectivity index (χ3v) is 0.781. The first-order valence-corrected chi connectivity index (χ1v) is 2.83. The Kier molecular flexibility index (Phi) is 4.24. The summed E-state index contributed by atoms with van der Waals surface area (Å²) in [6.45, 7) is 8.30. The third-order valence-electron chi connectivity index (χ3n) is 0.781.